The fourth-order valence-electron chi connectivity index (χ4n) is 1.32. The minimum Gasteiger partial charge on any atom is -0.333 e. The van der Waals surface area contributed by atoms with Crippen LogP contribution in [0.25, 0.3) is 0 Å². The van der Waals surface area contributed by atoms with Gasteiger partial charge in [-0.05, 0) is 12.8 Å². The second kappa shape index (κ2) is 2.82. The van der Waals surface area contributed by atoms with E-state index in [0.717, 1.165) is 25.7 Å². The first-order valence-electron chi connectivity index (χ1n) is 3.48. The number of hydrogen-bond acceptors (Lipinski definition) is 2. The number of carbonyl (C=O) groups is 2. The minimum atomic E-state index is -0.141. The van der Waals surface area contributed by atoms with Gasteiger partial charge in [-0.25, -0.2) is 0 Å². The Bertz CT molecular complexity index is 156. The Morgan fingerprint density at radius 2 is 2.40 bits per heavy atom. The van der Waals surface area contributed by atoms with E-state index in [1.165, 1.54) is 6.92 Å². The molecule has 1 aliphatic rings. The zero-order valence-electron chi connectivity index (χ0n) is 6.04. The smallest absolute Gasteiger partial charge is 0.220 e. The van der Waals surface area contributed by atoms with E-state index in [-0.39, 0.29) is 11.9 Å². The summed E-state index contributed by atoms with van der Waals surface area (Å²) in [4.78, 5) is 22.7. The maximum atomic E-state index is 10.8. The molecular formula is C7H11NO2. The Balaban J connectivity index is 2.58. The van der Waals surface area contributed by atoms with E-state index in [9.17, 15) is 9.59 Å². The van der Waals surface area contributed by atoms with Crippen molar-refractivity contribution in [1.29, 1.82) is 0 Å². The predicted octanol–water partition coefficient (Wildman–Crippen LogP) is 0.196. The van der Waals surface area contributed by atoms with E-state index >= 15 is 0 Å². The van der Waals surface area contributed by atoms with Crippen LogP contribution in [-0.2, 0) is 9.59 Å². The highest BCUT2D eigenvalue weighted by Crippen LogP contribution is 2.14. The van der Waals surface area contributed by atoms with Gasteiger partial charge in [-0.1, -0.05) is 0 Å². The first-order chi connectivity index (χ1) is 4.75. The van der Waals surface area contributed by atoms with Crippen LogP contribution in [-0.4, -0.2) is 29.7 Å². The molecule has 0 radical (unpaired) electrons. The molecule has 1 atom stereocenters. The average molecular weight is 141 g/mol. The third kappa shape index (κ3) is 1.17. The fraction of sp³-hybridized carbons (Fsp3) is 0.714. The number of rotatable bonds is 1. The Hall–Kier alpha value is -0.860. The maximum Gasteiger partial charge on any atom is 0.220 e. The van der Waals surface area contributed by atoms with Crippen molar-refractivity contribution in [2.75, 3.05) is 6.54 Å². The summed E-state index contributed by atoms with van der Waals surface area (Å²) in [5, 5.41) is 0. The normalized spacial score (nSPS) is 24.9. The van der Waals surface area contributed by atoms with Crippen molar-refractivity contribution in [2.24, 2.45) is 0 Å². The molecule has 3 nitrogen and oxygen atoms in total. The predicted molar refractivity (Wildman–Crippen MR) is 36.5 cm³/mol. The summed E-state index contributed by atoms with van der Waals surface area (Å²) in [6.45, 7) is 2.25. The third-order valence-corrected chi connectivity index (χ3v) is 1.86. The van der Waals surface area contributed by atoms with Crippen LogP contribution in [0.2, 0.25) is 0 Å². The SMILES string of the molecule is CC(=O)N1CCC[C@@H]1C=O. The van der Waals surface area contributed by atoms with E-state index in [4.69, 9.17) is 0 Å². The van der Waals surface area contributed by atoms with Gasteiger partial charge >= 0.3 is 0 Å². The van der Waals surface area contributed by atoms with Crippen LogP contribution in [0, 0.1) is 0 Å². The average Bonchev–Trinajstić information content (AvgIpc) is 2.33. The Labute approximate surface area is 60.0 Å². The largest absolute Gasteiger partial charge is 0.333 e. The number of aldehydes is 1. The van der Waals surface area contributed by atoms with E-state index in [2.05, 4.69) is 0 Å². The van der Waals surface area contributed by atoms with Gasteiger partial charge in [-0.2, -0.15) is 0 Å². The summed E-state index contributed by atoms with van der Waals surface area (Å²) < 4.78 is 0. The molecule has 1 heterocycles. The molecule has 1 rings (SSSR count). The highest BCUT2D eigenvalue weighted by atomic mass is 16.2. The highest BCUT2D eigenvalue weighted by molar-refractivity contribution is 5.78. The molecular weight excluding hydrogens is 130 g/mol. The summed E-state index contributed by atoms with van der Waals surface area (Å²) in [6.07, 6.45) is 2.65. The van der Waals surface area contributed by atoms with Gasteiger partial charge in [0, 0.05) is 13.5 Å². The second-order valence-corrected chi connectivity index (χ2v) is 2.56. The summed E-state index contributed by atoms with van der Waals surface area (Å²) >= 11 is 0. The molecule has 0 spiro atoms. The van der Waals surface area contributed by atoms with Gasteiger partial charge in [0.25, 0.3) is 0 Å². The summed E-state index contributed by atoms with van der Waals surface area (Å²) in [5.41, 5.74) is 0. The lowest BCUT2D eigenvalue weighted by Gasteiger charge is -2.17. The van der Waals surface area contributed by atoms with Crippen LogP contribution in [0.1, 0.15) is 19.8 Å². The second-order valence-electron chi connectivity index (χ2n) is 2.56. The van der Waals surface area contributed by atoms with Gasteiger partial charge in [-0.3, -0.25) is 4.79 Å². The quantitative estimate of drug-likeness (QED) is 0.489. The van der Waals surface area contributed by atoms with Crippen molar-refractivity contribution in [3.05, 3.63) is 0 Å². The van der Waals surface area contributed by atoms with Crippen LogP contribution in [0.5, 0.6) is 0 Å². The Kier molecular flexibility index (Phi) is 2.04. The summed E-state index contributed by atoms with van der Waals surface area (Å²) in [5.74, 6) is 0.00889. The molecule has 56 valence electrons. The Morgan fingerprint density at radius 1 is 1.70 bits per heavy atom. The lowest BCUT2D eigenvalue weighted by atomic mass is 10.2. The summed E-state index contributed by atoms with van der Waals surface area (Å²) in [6, 6.07) is -0.141. The van der Waals surface area contributed by atoms with Crippen LogP contribution in [0.3, 0.4) is 0 Å². The zero-order valence-corrected chi connectivity index (χ0v) is 6.04. The van der Waals surface area contributed by atoms with Crippen molar-refractivity contribution < 1.29 is 9.59 Å². The Morgan fingerprint density at radius 3 is 2.80 bits per heavy atom. The van der Waals surface area contributed by atoms with Crippen LogP contribution < -0.4 is 0 Å². The standard InChI is InChI=1S/C7H11NO2/c1-6(10)8-4-2-3-7(8)5-9/h5,7H,2-4H2,1H3/t7-/m1/s1. The molecule has 1 saturated heterocycles. The van der Waals surface area contributed by atoms with Crippen LogP contribution in [0.15, 0.2) is 0 Å². The zero-order chi connectivity index (χ0) is 7.56. The molecule has 0 aliphatic carbocycles. The van der Waals surface area contributed by atoms with Crippen molar-refractivity contribution in [3.8, 4) is 0 Å². The molecule has 1 fully saturated rings. The first-order valence-corrected chi connectivity index (χ1v) is 3.48. The van der Waals surface area contributed by atoms with Gasteiger partial charge in [0.1, 0.15) is 6.29 Å². The molecule has 0 aromatic carbocycles. The van der Waals surface area contributed by atoms with Gasteiger partial charge in [0.2, 0.25) is 5.91 Å². The number of likely N-dealkylation sites (tertiary alicyclic amines) is 1. The molecule has 10 heavy (non-hydrogen) atoms. The van der Waals surface area contributed by atoms with Crippen molar-refractivity contribution in [1.82, 2.24) is 4.90 Å². The number of nitrogens with zero attached hydrogens (tertiary/aromatic N) is 1. The van der Waals surface area contributed by atoms with Crippen molar-refractivity contribution in [3.63, 3.8) is 0 Å². The van der Waals surface area contributed by atoms with Crippen LogP contribution >= 0.6 is 0 Å². The topological polar surface area (TPSA) is 37.4 Å². The van der Waals surface area contributed by atoms with Gasteiger partial charge < -0.3 is 9.69 Å². The minimum absolute atomic E-state index is 0.00889. The van der Waals surface area contributed by atoms with E-state index in [1.807, 2.05) is 0 Å². The molecule has 0 aromatic rings. The maximum absolute atomic E-state index is 10.8. The number of carbonyl (C=O) groups excluding carboxylic acids is 2. The lowest BCUT2D eigenvalue weighted by molar-refractivity contribution is -0.132. The van der Waals surface area contributed by atoms with Gasteiger partial charge in [0.15, 0.2) is 0 Å². The molecule has 0 bridgehead atoms. The van der Waals surface area contributed by atoms with Gasteiger partial charge in [0.05, 0.1) is 6.04 Å². The lowest BCUT2D eigenvalue weighted by Crippen LogP contribution is -2.34. The number of amides is 1. The molecule has 0 aromatic heterocycles. The molecule has 3 heteroatoms. The molecule has 0 unspecified atom stereocenters. The summed E-state index contributed by atoms with van der Waals surface area (Å²) in [7, 11) is 0. The molecule has 1 amide bonds. The number of hydrogen-bond donors (Lipinski definition) is 0. The third-order valence-electron chi connectivity index (χ3n) is 1.86. The van der Waals surface area contributed by atoms with Crippen molar-refractivity contribution >= 4 is 12.2 Å². The highest BCUT2D eigenvalue weighted by Gasteiger charge is 2.25. The van der Waals surface area contributed by atoms with E-state index in [1.54, 1.807) is 4.90 Å². The monoisotopic (exact) mass is 141 g/mol. The van der Waals surface area contributed by atoms with Gasteiger partial charge in [-0.15, -0.1) is 0 Å². The van der Waals surface area contributed by atoms with Crippen LogP contribution in [0.4, 0.5) is 0 Å². The van der Waals surface area contributed by atoms with Crippen molar-refractivity contribution in [2.45, 2.75) is 25.8 Å². The molecule has 1 aliphatic heterocycles. The molecule has 0 saturated carbocycles. The van der Waals surface area contributed by atoms with E-state index < -0.39 is 0 Å². The first kappa shape index (κ1) is 7.25. The fourth-order valence-corrected chi connectivity index (χ4v) is 1.32. The van der Waals surface area contributed by atoms with E-state index in [0.29, 0.717) is 0 Å². The molecule has 0 N–H and O–H groups in total.